The van der Waals surface area contributed by atoms with Crippen molar-refractivity contribution in [2.24, 2.45) is 0 Å². The average molecular weight is 415 g/mol. The maximum Gasteiger partial charge on any atom is 0.127 e. The number of benzene rings is 2. The molecule has 0 bridgehead atoms. The third-order valence-electron chi connectivity index (χ3n) is 3.57. The summed E-state index contributed by atoms with van der Waals surface area (Å²) in [5.41, 5.74) is 3.12. The Labute approximate surface area is 142 Å². The van der Waals surface area contributed by atoms with Crippen LogP contribution in [0.2, 0.25) is 0 Å². The predicted octanol–water partition coefficient (Wildman–Crippen LogP) is 5.55. The first-order valence-corrected chi connectivity index (χ1v) is 8.53. The van der Waals surface area contributed by atoms with Crippen molar-refractivity contribution in [1.29, 1.82) is 0 Å². The Hall–Kier alpha value is -0.710. The molecule has 1 atom stereocenters. The second-order valence-corrected chi connectivity index (χ2v) is 6.77. The van der Waals surface area contributed by atoms with Crippen molar-refractivity contribution in [3.63, 3.8) is 0 Å². The van der Waals surface area contributed by atoms with Gasteiger partial charge >= 0.3 is 0 Å². The third-order valence-corrected chi connectivity index (χ3v) is 4.93. The van der Waals surface area contributed by atoms with Crippen LogP contribution in [0.4, 0.5) is 4.39 Å². The van der Waals surface area contributed by atoms with E-state index in [0.29, 0.717) is 6.42 Å². The minimum absolute atomic E-state index is 0.100. The van der Waals surface area contributed by atoms with Crippen molar-refractivity contribution in [2.75, 3.05) is 6.54 Å². The van der Waals surface area contributed by atoms with Crippen LogP contribution in [-0.2, 0) is 6.42 Å². The summed E-state index contributed by atoms with van der Waals surface area (Å²) in [6.45, 7) is 4.99. The van der Waals surface area contributed by atoms with Gasteiger partial charge in [0, 0.05) is 15.0 Å². The molecule has 0 fully saturated rings. The van der Waals surface area contributed by atoms with E-state index in [4.69, 9.17) is 0 Å². The van der Waals surface area contributed by atoms with Crippen molar-refractivity contribution < 1.29 is 4.39 Å². The summed E-state index contributed by atoms with van der Waals surface area (Å²) in [6, 6.07) is 11.5. The molecule has 4 heteroatoms. The first-order chi connectivity index (χ1) is 10.0. The Morgan fingerprint density at radius 3 is 2.62 bits per heavy atom. The lowest BCUT2D eigenvalue weighted by molar-refractivity contribution is 0.525. The van der Waals surface area contributed by atoms with E-state index >= 15 is 0 Å². The fourth-order valence-electron chi connectivity index (χ4n) is 2.45. The second-order valence-electron chi connectivity index (χ2n) is 5.00. The summed E-state index contributed by atoms with van der Waals surface area (Å²) in [5, 5.41) is 3.46. The first-order valence-electron chi connectivity index (χ1n) is 6.95. The molecule has 2 aromatic carbocycles. The zero-order valence-electron chi connectivity index (χ0n) is 12.1. The first kappa shape index (κ1) is 16.7. The van der Waals surface area contributed by atoms with Gasteiger partial charge in [0.05, 0.1) is 0 Å². The van der Waals surface area contributed by atoms with Gasteiger partial charge in [0.1, 0.15) is 5.82 Å². The van der Waals surface area contributed by atoms with E-state index in [9.17, 15) is 4.39 Å². The zero-order valence-corrected chi connectivity index (χ0v) is 15.3. The number of rotatable bonds is 5. The Balaban J connectivity index is 2.33. The van der Waals surface area contributed by atoms with Gasteiger partial charge in [-0.15, -0.1) is 0 Å². The molecule has 0 aliphatic rings. The molecule has 0 spiro atoms. The van der Waals surface area contributed by atoms with Crippen LogP contribution >= 0.6 is 31.9 Å². The third kappa shape index (κ3) is 4.15. The average Bonchev–Trinajstić information content (AvgIpc) is 2.44. The Kier molecular flexibility index (Phi) is 5.97. The largest absolute Gasteiger partial charge is 0.310 e. The molecule has 1 N–H and O–H groups in total. The summed E-state index contributed by atoms with van der Waals surface area (Å²) in [7, 11) is 0. The molecule has 0 amide bonds. The van der Waals surface area contributed by atoms with Crippen LogP contribution in [0.3, 0.4) is 0 Å². The van der Waals surface area contributed by atoms with E-state index in [1.165, 1.54) is 17.2 Å². The lowest BCUT2D eigenvalue weighted by atomic mass is 9.95. The number of likely N-dealkylation sites (N-methyl/N-ethyl adjacent to an activating group) is 1. The minimum atomic E-state index is -0.167. The number of nitrogens with one attached hydrogen (secondary N) is 1. The van der Waals surface area contributed by atoms with Crippen LogP contribution in [-0.4, -0.2) is 6.54 Å². The predicted molar refractivity (Wildman–Crippen MR) is 93.1 cm³/mol. The summed E-state index contributed by atoms with van der Waals surface area (Å²) < 4.78 is 15.9. The van der Waals surface area contributed by atoms with E-state index in [1.807, 2.05) is 24.3 Å². The van der Waals surface area contributed by atoms with Gasteiger partial charge in [-0.05, 0) is 54.8 Å². The molecule has 1 unspecified atom stereocenters. The molecule has 0 aliphatic heterocycles. The van der Waals surface area contributed by atoms with Crippen molar-refractivity contribution in [1.82, 2.24) is 5.32 Å². The van der Waals surface area contributed by atoms with E-state index in [-0.39, 0.29) is 11.9 Å². The molecule has 2 rings (SSSR count). The molecule has 0 saturated carbocycles. The van der Waals surface area contributed by atoms with Gasteiger partial charge in [-0.2, -0.15) is 0 Å². The Morgan fingerprint density at radius 2 is 1.95 bits per heavy atom. The van der Waals surface area contributed by atoms with Crippen LogP contribution in [0.5, 0.6) is 0 Å². The van der Waals surface area contributed by atoms with E-state index in [0.717, 1.165) is 21.1 Å². The molecule has 21 heavy (non-hydrogen) atoms. The standard InChI is InChI=1S/C17H18Br2FN/c1-3-21-17(14-5-4-6-15(19)11(14)2)9-12-7-8-13(18)10-16(12)20/h4-8,10,17,21H,3,9H2,1-2H3. The van der Waals surface area contributed by atoms with Gasteiger partial charge in [0.25, 0.3) is 0 Å². The maximum absolute atomic E-state index is 14.1. The molecule has 112 valence electrons. The number of hydrogen-bond acceptors (Lipinski definition) is 1. The van der Waals surface area contributed by atoms with Crippen molar-refractivity contribution in [2.45, 2.75) is 26.3 Å². The van der Waals surface area contributed by atoms with Crippen LogP contribution < -0.4 is 5.32 Å². The number of halogens is 3. The van der Waals surface area contributed by atoms with Gasteiger partial charge in [-0.25, -0.2) is 4.39 Å². The van der Waals surface area contributed by atoms with E-state index in [1.54, 1.807) is 0 Å². The fraction of sp³-hybridized carbons (Fsp3) is 0.294. The van der Waals surface area contributed by atoms with Crippen molar-refractivity contribution in [3.05, 3.63) is 67.9 Å². The van der Waals surface area contributed by atoms with E-state index in [2.05, 4.69) is 57.1 Å². The zero-order chi connectivity index (χ0) is 15.4. The molecule has 0 aromatic heterocycles. The Bertz CT molecular complexity index is 628. The normalized spacial score (nSPS) is 12.4. The van der Waals surface area contributed by atoms with Gasteiger partial charge in [0.2, 0.25) is 0 Å². The van der Waals surface area contributed by atoms with Gasteiger partial charge in [-0.3, -0.25) is 0 Å². The van der Waals surface area contributed by atoms with Crippen LogP contribution in [0.15, 0.2) is 45.3 Å². The highest BCUT2D eigenvalue weighted by Gasteiger charge is 2.16. The summed E-state index contributed by atoms with van der Waals surface area (Å²) in [6.07, 6.45) is 0.629. The molecule has 0 aliphatic carbocycles. The topological polar surface area (TPSA) is 12.0 Å². The monoisotopic (exact) mass is 413 g/mol. The van der Waals surface area contributed by atoms with Crippen molar-refractivity contribution in [3.8, 4) is 0 Å². The lowest BCUT2D eigenvalue weighted by Gasteiger charge is -2.21. The number of hydrogen-bond donors (Lipinski definition) is 1. The molecule has 1 nitrogen and oxygen atoms in total. The van der Waals surface area contributed by atoms with E-state index < -0.39 is 0 Å². The SMILES string of the molecule is CCNC(Cc1ccc(Br)cc1F)c1cccc(Br)c1C. The summed E-state index contributed by atoms with van der Waals surface area (Å²) in [5.74, 6) is -0.167. The highest BCUT2D eigenvalue weighted by atomic mass is 79.9. The molecule has 0 heterocycles. The van der Waals surface area contributed by atoms with Crippen molar-refractivity contribution >= 4 is 31.9 Å². The molecule has 2 aromatic rings. The Morgan fingerprint density at radius 1 is 1.19 bits per heavy atom. The molecular weight excluding hydrogens is 397 g/mol. The molecule has 0 radical (unpaired) electrons. The fourth-order valence-corrected chi connectivity index (χ4v) is 3.16. The highest BCUT2D eigenvalue weighted by Crippen LogP contribution is 2.28. The smallest absolute Gasteiger partial charge is 0.127 e. The minimum Gasteiger partial charge on any atom is -0.310 e. The maximum atomic E-state index is 14.1. The lowest BCUT2D eigenvalue weighted by Crippen LogP contribution is -2.24. The van der Waals surface area contributed by atoms with Crippen LogP contribution in [0.25, 0.3) is 0 Å². The van der Waals surface area contributed by atoms with Gasteiger partial charge < -0.3 is 5.32 Å². The second kappa shape index (κ2) is 7.52. The van der Waals surface area contributed by atoms with Gasteiger partial charge in [0.15, 0.2) is 0 Å². The quantitative estimate of drug-likeness (QED) is 0.675. The van der Waals surface area contributed by atoms with Gasteiger partial charge in [-0.1, -0.05) is 57.0 Å². The highest BCUT2D eigenvalue weighted by molar-refractivity contribution is 9.10. The summed E-state index contributed by atoms with van der Waals surface area (Å²) >= 11 is 6.86. The van der Waals surface area contributed by atoms with Crippen LogP contribution in [0, 0.1) is 12.7 Å². The summed E-state index contributed by atoms with van der Waals surface area (Å²) in [4.78, 5) is 0. The molecule has 0 saturated heterocycles. The van der Waals surface area contributed by atoms with Crippen LogP contribution in [0.1, 0.15) is 29.7 Å². The molecular formula is C17H18Br2FN.